The van der Waals surface area contributed by atoms with E-state index in [1.54, 1.807) is 11.3 Å². The number of aromatic nitrogens is 1. The first-order valence-electron chi connectivity index (χ1n) is 6.58. The van der Waals surface area contributed by atoms with Gasteiger partial charge in [-0.15, -0.1) is 22.9 Å². The van der Waals surface area contributed by atoms with Crippen LogP contribution in [0.15, 0.2) is 48.5 Å². The van der Waals surface area contributed by atoms with Crippen LogP contribution in [0.5, 0.6) is 0 Å². The number of para-hydroxylation sites is 1. The number of rotatable bonds is 4. The van der Waals surface area contributed by atoms with Gasteiger partial charge in [-0.2, -0.15) is 0 Å². The summed E-state index contributed by atoms with van der Waals surface area (Å²) in [5.41, 5.74) is 2.76. The average Bonchev–Trinajstić information content (AvgIpc) is 2.91. The number of hydrogen-bond donors (Lipinski definition) is 1. The molecule has 106 valence electrons. The molecule has 3 nitrogen and oxygen atoms in total. The third-order valence-corrected chi connectivity index (χ3v) is 4.28. The van der Waals surface area contributed by atoms with Crippen LogP contribution in [0.3, 0.4) is 0 Å². The maximum atomic E-state index is 11.6. The Morgan fingerprint density at radius 1 is 1.19 bits per heavy atom. The average molecular weight is 317 g/mol. The fourth-order valence-electron chi connectivity index (χ4n) is 2.03. The maximum absolute atomic E-state index is 11.6. The van der Waals surface area contributed by atoms with E-state index in [2.05, 4.69) is 16.4 Å². The molecule has 0 saturated carbocycles. The van der Waals surface area contributed by atoms with Gasteiger partial charge in [0.2, 0.25) is 5.91 Å². The van der Waals surface area contributed by atoms with Crippen molar-refractivity contribution in [3.63, 3.8) is 0 Å². The number of carbonyl (C=O) groups excluding carboxylic acids is 1. The highest BCUT2D eigenvalue weighted by Gasteiger charge is 2.07. The summed E-state index contributed by atoms with van der Waals surface area (Å²) in [4.78, 5) is 16.2. The first kappa shape index (κ1) is 14.0. The van der Waals surface area contributed by atoms with E-state index in [4.69, 9.17) is 11.6 Å². The van der Waals surface area contributed by atoms with E-state index < -0.39 is 0 Å². The summed E-state index contributed by atoms with van der Waals surface area (Å²) in [6.07, 6.45) is 0.312. The molecule has 0 saturated heterocycles. The molecule has 0 unspecified atom stereocenters. The fourth-order valence-corrected chi connectivity index (χ4v) is 3.17. The number of halogens is 1. The van der Waals surface area contributed by atoms with E-state index in [0.717, 1.165) is 26.5 Å². The third-order valence-electron chi connectivity index (χ3n) is 3.01. The van der Waals surface area contributed by atoms with Crippen LogP contribution in [-0.2, 0) is 4.79 Å². The number of alkyl halides is 1. The molecule has 5 heteroatoms. The van der Waals surface area contributed by atoms with Crippen LogP contribution in [0.1, 0.15) is 6.42 Å². The molecule has 1 heterocycles. The molecule has 2 aromatic carbocycles. The van der Waals surface area contributed by atoms with Gasteiger partial charge in [-0.1, -0.05) is 24.3 Å². The van der Waals surface area contributed by atoms with Crippen molar-refractivity contribution < 1.29 is 4.79 Å². The molecule has 0 atom stereocenters. The van der Waals surface area contributed by atoms with Gasteiger partial charge in [0.25, 0.3) is 0 Å². The Hall–Kier alpha value is -1.91. The second-order valence-corrected chi connectivity index (χ2v) is 5.96. The second kappa shape index (κ2) is 6.24. The Balaban J connectivity index is 1.90. The van der Waals surface area contributed by atoms with Crippen molar-refractivity contribution in [2.75, 3.05) is 11.2 Å². The predicted octanol–water partition coefficient (Wildman–Crippen LogP) is 4.53. The fraction of sp³-hybridized carbons (Fsp3) is 0.125. The van der Waals surface area contributed by atoms with Crippen molar-refractivity contribution in [3.8, 4) is 10.6 Å². The minimum Gasteiger partial charge on any atom is -0.326 e. The number of anilines is 1. The van der Waals surface area contributed by atoms with E-state index in [-0.39, 0.29) is 5.91 Å². The molecule has 1 N–H and O–H groups in total. The summed E-state index contributed by atoms with van der Waals surface area (Å²) in [5.74, 6) is 0.245. The van der Waals surface area contributed by atoms with Gasteiger partial charge in [0.15, 0.2) is 0 Å². The first-order valence-corrected chi connectivity index (χ1v) is 7.93. The Labute approximate surface area is 131 Å². The third kappa shape index (κ3) is 3.23. The lowest BCUT2D eigenvalue weighted by Gasteiger charge is -2.05. The second-order valence-electron chi connectivity index (χ2n) is 4.55. The van der Waals surface area contributed by atoms with Crippen molar-refractivity contribution in [1.29, 1.82) is 0 Å². The Bertz CT molecular complexity index is 752. The molecule has 0 aliphatic heterocycles. The van der Waals surface area contributed by atoms with Crippen molar-refractivity contribution in [2.24, 2.45) is 0 Å². The quantitative estimate of drug-likeness (QED) is 0.718. The van der Waals surface area contributed by atoms with E-state index in [1.807, 2.05) is 42.5 Å². The van der Waals surface area contributed by atoms with Crippen LogP contribution in [0.2, 0.25) is 0 Å². The van der Waals surface area contributed by atoms with E-state index in [0.29, 0.717) is 12.3 Å². The maximum Gasteiger partial charge on any atom is 0.225 e. The van der Waals surface area contributed by atoms with Gasteiger partial charge in [0.05, 0.1) is 10.2 Å². The minimum atomic E-state index is -0.0774. The topological polar surface area (TPSA) is 42.0 Å². The van der Waals surface area contributed by atoms with Crippen LogP contribution >= 0.6 is 22.9 Å². The summed E-state index contributed by atoms with van der Waals surface area (Å²) in [7, 11) is 0. The summed E-state index contributed by atoms with van der Waals surface area (Å²) >= 11 is 7.21. The Morgan fingerprint density at radius 3 is 2.86 bits per heavy atom. The summed E-state index contributed by atoms with van der Waals surface area (Å²) < 4.78 is 1.16. The highest BCUT2D eigenvalue weighted by Crippen LogP contribution is 2.31. The zero-order valence-corrected chi connectivity index (χ0v) is 12.7. The SMILES string of the molecule is O=C(CCCl)Nc1cccc(-c2nc3ccccc3s2)c1. The van der Waals surface area contributed by atoms with Crippen LogP contribution in [-0.4, -0.2) is 16.8 Å². The molecule has 0 bridgehead atoms. The lowest BCUT2D eigenvalue weighted by Crippen LogP contribution is -2.11. The Kier molecular flexibility index (Phi) is 4.18. The van der Waals surface area contributed by atoms with Crippen LogP contribution in [0.4, 0.5) is 5.69 Å². The molecule has 0 fully saturated rings. The molecule has 1 aromatic heterocycles. The molecule has 0 aliphatic carbocycles. The van der Waals surface area contributed by atoms with Gasteiger partial charge >= 0.3 is 0 Å². The highest BCUT2D eigenvalue weighted by molar-refractivity contribution is 7.21. The van der Waals surface area contributed by atoms with Crippen molar-refractivity contribution in [1.82, 2.24) is 4.98 Å². The lowest BCUT2D eigenvalue weighted by atomic mass is 10.2. The molecule has 21 heavy (non-hydrogen) atoms. The van der Waals surface area contributed by atoms with Crippen LogP contribution in [0, 0.1) is 0 Å². The molecule has 3 rings (SSSR count). The molecule has 0 spiro atoms. The number of benzene rings is 2. The van der Waals surface area contributed by atoms with Crippen LogP contribution in [0.25, 0.3) is 20.8 Å². The lowest BCUT2D eigenvalue weighted by molar-refractivity contribution is -0.115. The van der Waals surface area contributed by atoms with Gasteiger partial charge in [-0.25, -0.2) is 4.98 Å². The van der Waals surface area contributed by atoms with Gasteiger partial charge in [0.1, 0.15) is 5.01 Å². The van der Waals surface area contributed by atoms with Gasteiger partial charge < -0.3 is 5.32 Å². The normalized spacial score (nSPS) is 10.7. The van der Waals surface area contributed by atoms with Gasteiger partial charge in [0, 0.05) is 23.6 Å². The molecule has 3 aromatic rings. The molecular weight excluding hydrogens is 304 g/mol. The van der Waals surface area contributed by atoms with E-state index in [9.17, 15) is 4.79 Å². The largest absolute Gasteiger partial charge is 0.326 e. The van der Waals surface area contributed by atoms with Gasteiger partial charge in [-0.3, -0.25) is 4.79 Å². The standard InChI is InChI=1S/C16H13ClN2OS/c17-9-8-15(20)18-12-5-3-4-11(10-12)16-19-13-6-1-2-7-14(13)21-16/h1-7,10H,8-9H2,(H,18,20). The highest BCUT2D eigenvalue weighted by atomic mass is 35.5. The van der Waals surface area contributed by atoms with Crippen molar-refractivity contribution >= 4 is 44.7 Å². The number of hydrogen-bond acceptors (Lipinski definition) is 3. The van der Waals surface area contributed by atoms with E-state index in [1.165, 1.54) is 0 Å². The Morgan fingerprint density at radius 2 is 2.05 bits per heavy atom. The number of carbonyl (C=O) groups is 1. The summed E-state index contributed by atoms with van der Waals surface area (Å²) in [5, 5.41) is 3.79. The van der Waals surface area contributed by atoms with Gasteiger partial charge in [-0.05, 0) is 24.3 Å². The van der Waals surface area contributed by atoms with E-state index >= 15 is 0 Å². The molecular formula is C16H13ClN2OS. The zero-order valence-electron chi connectivity index (χ0n) is 11.2. The zero-order chi connectivity index (χ0) is 14.7. The number of nitrogens with one attached hydrogen (secondary N) is 1. The first-order chi connectivity index (χ1) is 10.3. The molecule has 0 radical (unpaired) electrons. The number of amides is 1. The monoisotopic (exact) mass is 316 g/mol. The molecule has 0 aliphatic rings. The minimum absolute atomic E-state index is 0.0774. The summed E-state index contributed by atoms with van der Waals surface area (Å²) in [6, 6.07) is 15.8. The van der Waals surface area contributed by atoms with Crippen molar-refractivity contribution in [3.05, 3.63) is 48.5 Å². The number of fused-ring (bicyclic) bond motifs is 1. The molecule has 1 amide bonds. The number of nitrogens with zero attached hydrogens (tertiary/aromatic N) is 1. The predicted molar refractivity (Wildman–Crippen MR) is 89.0 cm³/mol. The summed E-state index contributed by atoms with van der Waals surface area (Å²) in [6.45, 7) is 0. The van der Waals surface area contributed by atoms with Crippen molar-refractivity contribution in [2.45, 2.75) is 6.42 Å². The number of thiazole rings is 1. The smallest absolute Gasteiger partial charge is 0.225 e. The van der Waals surface area contributed by atoms with Crippen LogP contribution < -0.4 is 5.32 Å².